The van der Waals surface area contributed by atoms with Crippen LogP contribution in [0, 0.1) is 5.82 Å². The molecule has 2 aromatic heterocycles. The van der Waals surface area contributed by atoms with E-state index in [1.807, 2.05) is 0 Å². The van der Waals surface area contributed by atoms with Crippen LogP contribution < -0.4 is 0 Å². The number of hydrogen-bond acceptors (Lipinski definition) is 5. The first-order chi connectivity index (χ1) is 12.2. The third kappa shape index (κ3) is 3.06. The number of hydrogen-bond donors (Lipinski definition) is 0. The molecule has 1 amide bonds. The first-order valence-electron chi connectivity index (χ1n) is 7.86. The molecule has 0 saturated carbocycles. The summed E-state index contributed by atoms with van der Waals surface area (Å²) in [5.74, 6) is 0.192. The lowest BCUT2D eigenvalue weighted by atomic mass is 10.1. The minimum atomic E-state index is -0.308. The van der Waals surface area contributed by atoms with Crippen molar-refractivity contribution in [2.24, 2.45) is 0 Å². The quantitative estimate of drug-likeness (QED) is 0.730. The van der Waals surface area contributed by atoms with Gasteiger partial charge in [0.05, 0.1) is 19.4 Å². The summed E-state index contributed by atoms with van der Waals surface area (Å²) in [4.78, 5) is 18.6. The Labute approximate surface area is 142 Å². The minimum Gasteiger partial charge on any atom is -0.461 e. The number of carbonyl (C=O) groups is 1. The van der Waals surface area contributed by atoms with Gasteiger partial charge in [-0.15, -0.1) is 0 Å². The molecule has 1 fully saturated rings. The van der Waals surface area contributed by atoms with Crippen molar-refractivity contribution in [3.8, 4) is 11.5 Å². The Balaban J connectivity index is 1.55. The largest absolute Gasteiger partial charge is 0.461 e. The Morgan fingerprint density at radius 1 is 1.20 bits per heavy atom. The van der Waals surface area contributed by atoms with E-state index in [1.54, 1.807) is 29.2 Å². The number of furan rings is 1. The summed E-state index contributed by atoms with van der Waals surface area (Å²) in [5.41, 5.74) is 1.03. The molecule has 0 radical (unpaired) electrons. The maximum Gasteiger partial charge on any atom is 0.276 e. The molecule has 0 N–H and O–H groups in total. The molecule has 4 rings (SSSR count). The molecular formula is C18H15FN2O4. The summed E-state index contributed by atoms with van der Waals surface area (Å²) in [6.45, 7) is 1.19. The van der Waals surface area contributed by atoms with Crippen molar-refractivity contribution in [2.45, 2.75) is 6.10 Å². The average Bonchev–Trinajstić information content (AvgIpc) is 3.33. The zero-order valence-electron chi connectivity index (χ0n) is 13.2. The lowest BCUT2D eigenvalue weighted by molar-refractivity contribution is -0.0230. The normalized spacial score (nSPS) is 17.6. The number of aromatic nitrogens is 1. The molecule has 1 aromatic carbocycles. The van der Waals surface area contributed by atoms with Crippen molar-refractivity contribution in [1.82, 2.24) is 9.88 Å². The van der Waals surface area contributed by atoms with Gasteiger partial charge in [-0.1, -0.05) is 12.1 Å². The number of amides is 1. The van der Waals surface area contributed by atoms with Crippen LogP contribution in [0.25, 0.3) is 11.5 Å². The fourth-order valence-corrected chi connectivity index (χ4v) is 2.84. The number of oxazole rings is 1. The SMILES string of the molecule is O=C(c1ncoc1-c1ccco1)N1CCOC(c2ccc(F)cc2)C1. The standard InChI is InChI=1S/C18H15FN2O4/c19-13-5-3-12(4-6-13)15-10-21(7-9-24-15)18(22)16-17(25-11-20-16)14-2-1-8-23-14/h1-6,8,11,15H,7,9-10H2. The van der Waals surface area contributed by atoms with Crippen molar-refractivity contribution >= 4 is 5.91 Å². The van der Waals surface area contributed by atoms with Crippen LogP contribution in [-0.4, -0.2) is 35.5 Å². The molecule has 3 heterocycles. The fraction of sp³-hybridized carbons (Fsp3) is 0.222. The summed E-state index contributed by atoms with van der Waals surface area (Å²) < 4.78 is 29.4. The first kappa shape index (κ1) is 15.6. The summed E-state index contributed by atoms with van der Waals surface area (Å²) in [6.07, 6.45) is 2.42. The van der Waals surface area contributed by atoms with Gasteiger partial charge in [-0.05, 0) is 29.8 Å². The van der Waals surface area contributed by atoms with E-state index in [0.29, 0.717) is 31.2 Å². The zero-order valence-corrected chi connectivity index (χ0v) is 13.2. The number of benzene rings is 1. The van der Waals surface area contributed by atoms with Gasteiger partial charge in [0.1, 0.15) is 11.9 Å². The summed E-state index contributed by atoms with van der Waals surface area (Å²) in [7, 11) is 0. The van der Waals surface area contributed by atoms with Crippen LogP contribution in [0.2, 0.25) is 0 Å². The van der Waals surface area contributed by atoms with Crippen molar-refractivity contribution in [2.75, 3.05) is 19.7 Å². The second-order valence-electron chi connectivity index (χ2n) is 5.67. The summed E-state index contributed by atoms with van der Waals surface area (Å²) in [6, 6.07) is 9.51. The highest BCUT2D eigenvalue weighted by atomic mass is 19.1. The molecule has 0 aliphatic carbocycles. The van der Waals surface area contributed by atoms with Crippen LogP contribution in [0.15, 0.2) is 57.9 Å². The van der Waals surface area contributed by atoms with Gasteiger partial charge in [-0.25, -0.2) is 9.37 Å². The molecule has 0 spiro atoms. The fourth-order valence-electron chi connectivity index (χ4n) is 2.84. The third-order valence-electron chi connectivity index (χ3n) is 4.11. The number of morpholine rings is 1. The molecule has 128 valence electrons. The zero-order chi connectivity index (χ0) is 17.2. The molecule has 1 aliphatic rings. The lowest BCUT2D eigenvalue weighted by Gasteiger charge is -2.32. The van der Waals surface area contributed by atoms with Crippen LogP contribution in [-0.2, 0) is 4.74 Å². The Hall–Kier alpha value is -2.93. The molecular weight excluding hydrogens is 327 g/mol. The van der Waals surface area contributed by atoms with Crippen molar-refractivity contribution < 1.29 is 22.8 Å². The van der Waals surface area contributed by atoms with Crippen LogP contribution in [0.1, 0.15) is 22.2 Å². The van der Waals surface area contributed by atoms with Gasteiger partial charge in [0.15, 0.2) is 17.8 Å². The van der Waals surface area contributed by atoms with Crippen molar-refractivity contribution in [3.63, 3.8) is 0 Å². The van der Waals surface area contributed by atoms with Crippen LogP contribution in [0.4, 0.5) is 4.39 Å². The monoisotopic (exact) mass is 342 g/mol. The van der Waals surface area contributed by atoms with Gasteiger partial charge in [0.25, 0.3) is 5.91 Å². The summed E-state index contributed by atoms with van der Waals surface area (Å²) in [5, 5.41) is 0. The van der Waals surface area contributed by atoms with E-state index in [4.69, 9.17) is 13.6 Å². The van der Waals surface area contributed by atoms with E-state index in [0.717, 1.165) is 5.56 Å². The minimum absolute atomic E-state index is 0.203. The smallest absolute Gasteiger partial charge is 0.276 e. The van der Waals surface area contributed by atoms with Crippen LogP contribution in [0.3, 0.4) is 0 Å². The Morgan fingerprint density at radius 2 is 2.04 bits per heavy atom. The van der Waals surface area contributed by atoms with E-state index in [-0.39, 0.29) is 23.5 Å². The highest BCUT2D eigenvalue weighted by molar-refractivity contribution is 5.97. The van der Waals surface area contributed by atoms with E-state index in [2.05, 4.69) is 4.98 Å². The second-order valence-corrected chi connectivity index (χ2v) is 5.67. The number of nitrogens with zero attached hydrogens (tertiary/aromatic N) is 2. The van der Waals surface area contributed by atoms with E-state index in [1.165, 1.54) is 24.8 Å². The van der Waals surface area contributed by atoms with Gasteiger partial charge in [0, 0.05) is 6.54 Å². The Bertz CT molecular complexity index is 858. The van der Waals surface area contributed by atoms with E-state index in [9.17, 15) is 9.18 Å². The summed E-state index contributed by atoms with van der Waals surface area (Å²) >= 11 is 0. The number of halogens is 1. The maximum absolute atomic E-state index is 13.1. The molecule has 25 heavy (non-hydrogen) atoms. The Kier molecular flexibility index (Phi) is 4.07. The average molecular weight is 342 g/mol. The van der Waals surface area contributed by atoms with Gasteiger partial charge in [0.2, 0.25) is 5.76 Å². The highest BCUT2D eigenvalue weighted by Gasteiger charge is 2.30. The van der Waals surface area contributed by atoms with Gasteiger partial charge in [-0.3, -0.25) is 4.79 Å². The van der Waals surface area contributed by atoms with Crippen LogP contribution in [0.5, 0.6) is 0 Å². The Morgan fingerprint density at radius 3 is 2.80 bits per heavy atom. The van der Waals surface area contributed by atoms with Gasteiger partial charge < -0.3 is 18.5 Å². The number of carbonyl (C=O) groups excluding carboxylic acids is 1. The van der Waals surface area contributed by atoms with Gasteiger partial charge >= 0.3 is 0 Å². The van der Waals surface area contributed by atoms with Crippen LogP contribution >= 0.6 is 0 Å². The molecule has 0 bridgehead atoms. The van der Waals surface area contributed by atoms with E-state index < -0.39 is 0 Å². The molecule has 1 aliphatic heterocycles. The molecule has 1 unspecified atom stereocenters. The van der Waals surface area contributed by atoms with E-state index >= 15 is 0 Å². The predicted molar refractivity (Wildman–Crippen MR) is 85.2 cm³/mol. The lowest BCUT2D eigenvalue weighted by Crippen LogP contribution is -2.42. The maximum atomic E-state index is 13.1. The first-order valence-corrected chi connectivity index (χ1v) is 7.86. The third-order valence-corrected chi connectivity index (χ3v) is 4.11. The topological polar surface area (TPSA) is 68.7 Å². The molecule has 7 heteroatoms. The van der Waals surface area contributed by atoms with Crippen molar-refractivity contribution in [1.29, 1.82) is 0 Å². The van der Waals surface area contributed by atoms with Gasteiger partial charge in [-0.2, -0.15) is 0 Å². The molecule has 1 saturated heterocycles. The molecule has 1 atom stereocenters. The molecule has 3 aromatic rings. The highest BCUT2D eigenvalue weighted by Crippen LogP contribution is 2.27. The van der Waals surface area contributed by atoms with Crippen molar-refractivity contribution in [3.05, 3.63) is 66.1 Å². The predicted octanol–water partition coefficient (Wildman–Crippen LogP) is 3.29. The molecule has 6 nitrogen and oxygen atoms in total. The number of rotatable bonds is 3. The number of ether oxygens (including phenoxy) is 1. The second kappa shape index (κ2) is 6.52.